The van der Waals surface area contributed by atoms with Crippen molar-refractivity contribution in [3.63, 3.8) is 0 Å². The Bertz CT molecular complexity index is 1310. The molecule has 0 aliphatic rings. The van der Waals surface area contributed by atoms with Gasteiger partial charge in [-0.05, 0) is 31.0 Å². The third kappa shape index (κ3) is 5.53. The molecule has 2 aromatic carbocycles. The minimum Gasteiger partial charge on any atom is -0.451 e. The first-order valence-corrected chi connectivity index (χ1v) is 11.3. The van der Waals surface area contributed by atoms with Crippen LogP contribution in [0.15, 0.2) is 60.7 Å². The van der Waals surface area contributed by atoms with Gasteiger partial charge in [-0.1, -0.05) is 60.2 Å². The third-order valence-corrected chi connectivity index (χ3v) is 6.21. The lowest BCUT2D eigenvalue weighted by molar-refractivity contribution is -0.132. The quantitative estimate of drug-likeness (QED) is 0.423. The molecule has 0 aliphatic carbocycles. The second-order valence-corrected chi connectivity index (χ2v) is 8.80. The molecule has 0 unspecified atom stereocenters. The molecule has 4 rings (SSSR count). The van der Waals surface area contributed by atoms with E-state index in [9.17, 15) is 14.4 Å². The molecule has 0 atom stereocenters. The summed E-state index contributed by atoms with van der Waals surface area (Å²) in [5.41, 5.74) is 3.91. The first-order chi connectivity index (χ1) is 15.9. The van der Waals surface area contributed by atoms with E-state index in [4.69, 9.17) is 4.74 Å². The van der Waals surface area contributed by atoms with E-state index in [1.54, 1.807) is 18.2 Å². The average Bonchev–Trinajstić information content (AvgIpc) is 3.35. The van der Waals surface area contributed by atoms with Crippen molar-refractivity contribution in [3.8, 4) is 0 Å². The summed E-state index contributed by atoms with van der Waals surface area (Å²) in [7, 11) is 0. The van der Waals surface area contributed by atoms with Crippen molar-refractivity contribution >= 4 is 39.3 Å². The maximum Gasteiger partial charge on any atom is 0.348 e. The number of carbonyl (C=O) groups excluding carboxylic acids is 3. The number of benzene rings is 2. The van der Waals surface area contributed by atoms with Gasteiger partial charge in [0.2, 0.25) is 5.91 Å². The number of fused-ring (bicyclic) bond motifs is 1. The smallest absolute Gasteiger partial charge is 0.348 e. The van der Waals surface area contributed by atoms with Crippen molar-refractivity contribution in [2.45, 2.75) is 26.8 Å². The van der Waals surface area contributed by atoms with Crippen LogP contribution in [0, 0.1) is 13.8 Å². The number of aryl methyl sites for hydroxylation is 2. The average molecular weight is 462 g/mol. The van der Waals surface area contributed by atoms with Crippen molar-refractivity contribution in [3.05, 3.63) is 87.9 Å². The lowest BCUT2D eigenvalue weighted by Gasteiger charge is -2.05. The number of hydrogen-bond acceptors (Lipinski definition) is 6. The van der Waals surface area contributed by atoms with Crippen LogP contribution >= 0.6 is 11.3 Å². The summed E-state index contributed by atoms with van der Waals surface area (Å²) in [4.78, 5) is 37.8. The Morgan fingerprint density at radius 1 is 0.970 bits per heavy atom. The van der Waals surface area contributed by atoms with Crippen LogP contribution in [0.3, 0.4) is 0 Å². The molecule has 2 amide bonds. The molecule has 7 nitrogen and oxygen atoms in total. The highest BCUT2D eigenvalue weighted by Gasteiger charge is 2.19. The Kier molecular flexibility index (Phi) is 6.65. The number of nitrogens with zero attached hydrogens (tertiary/aromatic N) is 2. The van der Waals surface area contributed by atoms with E-state index in [2.05, 4.69) is 34.7 Å². The monoisotopic (exact) mass is 461 g/mol. The standard InChI is InChI=1S/C25H23N3O4S/c1-16-8-10-19(11-9-16)14-28-24-20(17(2)27-28)13-21(33-24)25(31)32-15-23(30)26-22(29)12-18-6-4-3-5-7-18/h3-11,13H,12,14-15H2,1-2H3,(H,26,29,30). The van der Waals surface area contributed by atoms with Crippen LogP contribution < -0.4 is 5.32 Å². The van der Waals surface area contributed by atoms with Gasteiger partial charge in [-0.2, -0.15) is 5.10 Å². The zero-order valence-electron chi connectivity index (χ0n) is 18.3. The van der Waals surface area contributed by atoms with E-state index in [0.29, 0.717) is 11.4 Å². The van der Waals surface area contributed by atoms with Crippen LogP contribution in [0.4, 0.5) is 0 Å². The SMILES string of the molecule is Cc1ccc(Cn2nc(C)c3cc(C(=O)OCC(=O)NC(=O)Cc4ccccc4)sc32)cc1. The van der Waals surface area contributed by atoms with Gasteiger partial charge in [0.1, 0.15) is 9.71 Å². The molecule has 0 radical (unpaired) electrons. The van der Waals surface area contributed by atoms with Gasteiger partial charge in [-0.25, -0.2) is 4.79 Å². The molecule has 1 N–H and O–H groups in total. The highest BCUT2D eigenvalue weighted by molar-refractivity contribution is 7.20. The molecule has 168 valence electrons. The fourth-order valence-electron chi connectivity index (χ4n) is 3.41. The van der Waals surface area contributed by atoms with Crippen LogP contribution in [-0.4, -0.2) is 34.2 Å². The predicted octanol–water partition coefficient (Wildman–Crippen LogP) is 3.81. The number of esters is 1. The first-order valence-electron chi connectivity index (χ1n) is 10.5. The highest BCUT2D eigenvalue weighted by Crippen LogP contribution is 2.29. The number of amides is 2. The zero-order valence-corrected chi connectivity index (χ0v) is 19.1. The molecule has 0 saturated heterocycles. The fraction of sp³-hybridized carbons (Fsp3) is 0.200. The molecule has 2 heterocycles. The van der Waals surface area contributed by atoms with Gasteiger partial charge >= 0.3 is 5.97 Å². The number of aromatic nitrogens is 2. The number of imide groups is 1. The molecule has 0 aliphatic heterocycles. The molecular weight excluding hydrogens is 438 g/mol. The Morgan fingerprint density at radius 3 is 2.42 bits per heavy atom. The predicted molar refractivity (Wildman–Crippen MR) is 126 cm³/mol. The van der Waals surface area contributed by atoms with Crippen molar-refractivity contribution in [2.75, 3.05) is 6.61 Å². The lowest BCUT2D eigenvalue weighted by Crippen LogP contribution is -2.35. The Morgan fingerprint density at radius 2 is 1.70 bits per heavy atom. The summed E-state index contributed by atoms with van der Waals surface area (Å²) >= 11 is 1.27. The van der Waals surface area contributed by atoms with Crippen molar-refractivity contribution in [2.24, 2.45) is 0 Å². The van der Waals surface area contributed by atoms with Crippen LogP contribution in [0.2, 0.25) is 0 Å². The van der Waals surface area contributed by atoms with Crippen LogP contribution in [0.5, 0.6) is 0 Å². The van der Waals surface area contributed by atoms with Crippen molar-refractivity contribution in [1.82, 2.24) is 15.1 Å². The normalized spacial score (nSPS) is 10.8. The second-order valence-electron chi connectivity index (χ2n) is 7.77. The largest absolute Gasteiger partial charge is 0.451 e. The maximum atomic E-state index is 12.5. The fourth-order valence-corrected chi connectivity index (χ4v) is 4.46. The van der Waals surface area contributed by atoms with Crippen molar-refractivity contribution < 1.29 is 19.1 Å². The summed E-state index contributed by atoms with van der Waals surface area (Å²) in [5, 5.41) is 7.70. The molecule has 33 heavy (non-hydrogen) atoms. The molecule has 8 heteroatoms. The Hall–Kier alpha value is -3.78. The van der Waals surface area contributed by atoms with E-state index < -0.39 is 24.4 Å². The summed E-state index contributed by atoms with van der Waals surface area (Å²) in [6.45, 7) is 3.99. The molecule has 0 saturated carbocycles. The third-order valence-electron chi connectivity index (χ3n) is 5.08. The van der Waals surface area contributed by atoms with Gasteiger partial charge in [0, 0.05) is 5.39 Å². The summed E-state index contributed by atoms with van der Waals surface area (Å²) in [6.07, 6.45) is 0.0770. The molecule has 2 aromatic heterocycles. The van der Waals surface area contributed by atoms with E-state index in [1.807, 2.05) is 36.7 Å². The topological polar surface area (TPSA) is 90.3 Å². The van der Waals surface area contributed by atoms with Crippen molar-refractivity contribution in [1.29, 1.82) is 0 Å². The van der Waals surface area contributed by atoms with Gasteiger partial charge in [-0.15, -0.1) is 11.3 Å². The summed E-state index contributed by atoms with van der Waals surface area (Å²) < 4.78 is 7.00. The lowest BCUT2D eigenvalue weighted by atomic mass is 10.1. The maximum absolute atomic E-state index is 12.5. The number of thiophene rings is 1. The van der Waals surface area contributed by atoms with E-state index in [1.165, 1.54) is 16.9 Å². The van der Waals surface area contributed by atoms with Gasteiger partial charge < -0.3 is 4.74 Å². The number of hydrogen-bond donors (Lipinski definition) is 1. The number of nitrogens with one attached hydrogen (secondary N) is 1. The second kappa shape index (κ2) is 9.79. The van der Waals surface area contributed by atoms with Gasteiger partial charge in [0.05, 0.1) is 18.7 Å². The van der Waals surface area contributed by atoms with E-state index in [-0.39, 0.29) is 6.42 Å². The Balaban J connectivity index is 1.36. The number of carbonyl (C=O) groups is 3. The number of ether oxygens (including phenoxy) is 1. The van der Waals surface area contributed by atoms with Gasteiger partial charge in [-0.3, -0.25) is 19.6 Å². The van der Waals surface area contributed by atoms with E-state index in [0.717, 1.165) is 27.0 Å². The first kappa shape index (κ1) is 22.4. The molecule has 0 spiro atoms. The molecule has 0 fully saturated rings. The van der Waals surface area contributed by atoms with E-state index >= 15 is 0 Å². The van der Waals surface area contributed by atoms with Crippen LogP contribution in [0.1, 0.15) is 32.1 Å². The highest BCUT2D eigenvalue weighted by atomic mass is 32.1. The number of rotatable bonds is 7. The molecule has 4 aromatic rings. The van der Waals surface area contributed by atoms with Crippen LogP contribution in [0.25, 0.3) is 10.2 Å². The summed E-state index contributed by atoms with van der Waals surface area (Å²) in [5.74, 6) is -1.72. The molecule has 0 bridgehead atoms. The van der Waals surface area contributed by atoms with Crippen LogP contribution in [-0.2, 0) is 27.3 Å². The minimum atomic E-state index is -0.660. The molecular formula is C25H23N3O4S. The van der Waals surface area contributed by atoms with Gasteiger partial charge in [0.25, 0.3) is 5.91 Å². The zero-order chi connectivity index (χ0) is 23.4. The Labute approximate surface area is 195 Å². The summed E-state index contributed by atoms with van der Waals surface area (Å²) in [6, 6.07) is 19.0. The minimum absolute atomic E-state index is 0.0770. The van der Waals surface area contributed by atoms with Gasteiger partial charge in [0.15, 0.2) is 6.61 Å².